The van der Waals surface area contributed by atoms with E-state index in [1.807, 2.05) is 25.1 Å². The molecule has 0 aliphatic carbocycles. The predicted molar refractivity (Wildman–Crippen MR) is 106 cm³/mol. The van der Waals surface area contributed by atoms with E-state index in [2.05, 4.69) is 26.5 Å². The molecule has 1 N–H and O–H groups in total. The fourth-order valence-corrected chi connectivity index (χ4v) is 3.10. The van der Waals surface area contributed by atoms with Crippen molar-refractivity contribution in [3.05, 3.63) is 62.0 Å². The van der Waals surface area contributed by atoms with Gasteiger partial charge in [0.25, 0.3) is 0 Å². The van der Waals surface area contributed by atoms with Gasteiger partial charge in [0.15, 0.2) is 0 Å². The van der Waals surface area contributed by atoms with Gasteiger partial charge < -0.3 is 4.74 Å². The normalized spacial score (nSPS) is 10.9. The van der Waals surface area contributed by atoms with Crippen molar-refractivity contribution < 1.29 is 9.53 Å². The number of ether oxygens (including phenoxy) is 1. The molecule has 0 spiro atoms. The summed E-state index contributed by atoms with van der Waals surface area (Å²) >= 11 is 15.5. The van der Waals surface area contributed by atoms with Gasteiger partial charge in [-0.3, -0.25) is 4.79 Å². The molecule has 25 heavy (non-hydrogen) atoms. The number of amides is 1. The summed E-state index contributed by atoms with van der Waals surface area (Å²) in [7, 11) is 0. The van der Waals surface area contributed by atoms with Crippen molar-refractivity contribution in [2.45, 2.75) is 19.8 Å². The molecule has 0 saturated carbocycles. The van der Waals surface area contributed by atoms with E-state index in [0.717, 1.165) is 15.8 Å². The van der Waals surface area contributed by atoms with Crippen molar-refractivity contribution in [1.29, 1.82) is 0 Å². The van der Waals surface area contributed by atoms with Crippen LogP contribution in [-0.4, -0.2) is 18.7 Å². The van der Waals surface area contributed by atoms with Crippen molar-refractivity contribution in [2.75, 3.05) is 6.61 Å². The van der Waals surface area contributed by atoms with Gasteiger partial charge in [0.1, 0.15) is 5.75 Å². The van der Waals surface area contributed by atoms with Crippen LogP contribution in [0.25, 0.3) is 0 Å². The van der Waals surface area contributed by atoms with Gasteiger partial charge in [-0.05, 0) is 59.1 Å². The maximum absolute atomic E-state index is 11.8. The Bertz CT molecular complexity index is 761. The summed E-state index contributed by atoms with van der Waals surface area (Å²) in [5, 5.41) is 4.83. The van der Waals surface area contributed by atoms with E-state index in [4.69, 9.17) is 27.9 Å². The standard InChI is InChI=1S/C18H17BrCl2N2O2/c1-12-7-8-17(14(19)10-12)25-9-3-6-18(24)23-22-11-13-15(20)4-2-5-16(13)21/h2,4-5,7-8,10-11H,3,6,9H2,1H3,(H,23,24)/b22-11+. The Morgan fingerprint density at radius 1 is 1.28 bits per heavy atom. The number of nitrogens with one attached hydrogen (secondary N) is 1. The number of carbonyl (C=O) groups excluding carboxylic acids is 1. The maximum atomic E-state index is 11.8. The lowest BCUT2D eigenvalue weighted by Gasteiger charge is -2.08. The summed E-state index contributed by atoms with van der Waals surface area (Å²) in [4.78, 5) is 11.8. The van der Waals surface area contributed by atoms with Crippen molar-refractivity contribution in [3.63, 3.8) is 0 Å². The smallest absolute Gasteiger partial charge is 0.240 e. The molecule has 7 heteroatoms. The lowest BCUT2D eigenvalue weighted by molar-refractivity contribution is -0.121. The molecule has 4 nitrogen and oxygen atoms in total. The summed E-state index contributed by atoms with van der Waals surface area (Å²) in [6.07, 6.45) is 2.31. The van der Waals surface area contributed by atoms with Crippen LogP contribution in [0.5, 0.6) is 5.75 Å². The average Bonchev–Trinajstić information content (AvgIpc) is 2.56. The summed E-state index contributed by atoms with van der Waals surface area (Å²) in [6, 6.07) is 11.0. The van der Waals surface area contributed by atoms with Crippen LogP contribution >= 0.6 is 39.1 Å². The van der Waals surface area contributed by atoms with Gasteiger partial charge in [0.2, 0.25) is 5.91 Å². The van der Waals surface area contributed by atoms with Crippen LogP contribution in [0.15, 0.2) is 46.0 Å². The second kappa shape index (κ2) is 9.80. The molecule has 2 aromatic carbocycles. The summed E-state index contributed by atoms with van der Waals surface area (Å²) in [5.41, 5.74) is 4.17. The summed E-state index contributed by atoms with van der Waals surface area (Å²) in [5.74, 6) is 0.559. The SMILES string of the molecule is Cc1ccc(OCCCC(=O)N/N=C/c2c(Cl)cccc2Cl)c(Br)c1. The van der Waals surface area contributed by atoms with Crippen molar-refractivity contribution >= 4 is 51.3 Å². The Morgan fingerprint density at radius 3 is 2.68 bits per heavy atom. The lowest BCUT2D eigenvalue weighted by Crippen LogP contribution is -2.18. The molecule has 0 aromatic heterocycles. The molecule has 0 unspecified atom stereocenters. The van der Waals surface area contributed by atoms with E-state index in [1.54, 1.807) is 18.2 Å². The predicted octanol–water partition coefficient (Wildman–Crippen LogP) is 5.37. The van der Waals surface area contributed by atoms with Gasteiger partial charge in [-0.1, -0.05) is 35.3 Å². The van der Waals surface area contributed by atoms with Crippen LogP contribution in [-0.2, 0) is 4.79 Å². The molecule has 2 aromatic rings. The molecule has 0 fully saturated rings. The molecule has 2 rings (SSSR count). The van der Waals surface area contributed by atoms with E-state index < -0.39 is 0 Å². The molecular weight excluding hydrogens is 427 g/mol. The average molecular weight is 444 g/mol. The van der Waals surface area contributed by atoms with Crippen LogP contribution in [0.2, 0.25) is 10.0 Å². The second-order valence-electron chi connectivity index (χ2n) is 5.31. The molecule has 0 heterocycles. The zero-order valence-electron chi connectivity index (χ0n) is 13.6. The molecule has 0 radical (unpaired) electrons. The largest absolute Gasteiger partial charge is 0.492 e. The molecular formula is C18H17BrCl2N2O2. The number of carbonyl (C=O) groups is 1. The number of hydrogen-bond donors (Lipinski definition) is 1. The fraction of sp³-hybridized carbons (Fsp3) is 0.222. The van der Waals surface area contributed by atoms with Crippen LogP contribution in [0, 0.1) is 6.92 Å². The van der Waals surface area contributed by atoms with Crippen LogP contribution in [0.3, 0.4) is 0 Å². The van der Waals surface area contributed by atoms with Crippen molar-refractivity contribution in [2.24, 2.45) is 5.10 Å². The molecule has 1 amide bonds. The maximum Gasteiger partial charge on any atom is 0.240 e. The fourth-order valence-electron chi connectivity index (χ4n) is 2.00. The van der Waals surface area contributed by atoms with E-state index in [-0.39, 0.29) is 5.91 Å². The number of nitrogens with zero attached hydrogens (tertiary/aromatic N) is 1. The highest BCUT2D eigenvalue weighted by atomic mass is 79.9. The minimum absolute atomic E-state index is 0.203. The Hall–Kier alpha value is -1.56. The lowest BCUT2D eigenvalue weighted by atomic mass is 10.2. The van der Waals surface area contributed by atoms with Gasteiger partial charge in [0.05, 0.1) is 27.3 Å². The van der Waals surface area contributed by atoms with E-state index >= 15 is 0 Å². The van der Waals surface area contributed by atoms with Crippen molar-refractivity contribution in [3.8, 4) is 5.75 Å². The Morgan fingerprint density at radius 2 is 2.00 bits per heavy atom. The first-order valence-corrected chi connectivity index (χ1v) is 9.17. The van der Waals surface area contributed by atoms with Gasteiger partial charge in [-0.25, -0.2) is 5.43 Å². The Balaban J connectivity index is 1.73. The highest BCUT2D eigenvalue weighted by molar-refractivity contribution is 9.10. The number of benzene rings is 2. The van der Waals surface area contributed by atoms with Crippen molar-refractivity contribution in [1.82, 2.24) is 5.43 Å². The van der Waals surface area contributed by atoms with Gasteiger partial charge in [-0.2, -0.15) is 5.10 Å². The molecule has 0 aliphatic rings. The molecule has 0 aliphatic heterocycles. The van der Waals surface area contributed by atoms with E-state index in [0.29, 0.717) is 35.1 Å². The number of rotatable bonds is 7. The first kappa shape index (κ1) is 19.8. The minimum atomic E-state index is -0.203. The van der Waals surface area contributed by atoms with Gasteiger partial charge in [0, 0.05) is 12.0 Å². The zero-order valence-corrected chi connectivity index (χ0v) is 16.7. The van der Waals surface area contributed by atoms with Crippen LogP contribution < -0.4 is 10.2 Å². The first-order valence-electron chi connectivity index (χ1n) is 7.62. The summed E-state index contributed by atoms with van der Waals surface area (Å²) in [6.45, 7) is 2.45. The Kier molecular flexibility index (Phi) is 7.75. The van der Waals surface area contributed by atoms with Crippen LogP contribution in [0.4, 0.5) is 0 Å². The van der Waals surface area contributed by atoms with Gasteiger partial charge in [-0.15, -0.1) is 0 Å². The van der Waals surface area contributed by atoms with Gasteiger partial charge >= 0.3 is 0 Å². The molecule has 0 bridgehead atoms. The number of halogens is 3. The monoisotopic (exact) mass is 442 g/mol. The summed E-state index contributed by atoms with van der Waals surface area (Å²) < 4.78 is 6.55. The third-order valence-corrected chi connectivity index (χ3v) is 4.55. The molecule has 0 saturated heterocycles. The first-order chi connectivity index (χ1) is 12.0. The highest BCUT2D eigenvalue weighted by Crippen LogP contribution is 2.26. The zero-order chi connectivity index (χ0) is 18.2. The number of hydrazone groups is 1. The molecule has 0 atom stereocenters. The second-order valence-corrected chi connectivity index (χ2v) is 6.98. The third kappa shape index (κ3) is 6.34. The third-order valence-electron chi connectivity index (χ3n) is 3.28. The minimum Gasteiger partial charge on any atom is -0.492 e. The molecule has 132 valence electrons. The van der Waals surface area contributed by atoms with E-state index in [1.165, 1.54) is 6.21 Å². The number of aryl methyl sites for hydroxylation is 1. The number of hydrogen-bond acceptors (Lipinski definition) is 3. The highest BCUT2D eigenvalue weighted by Gasteiger charge is 2.04. The Labute approximate surface area is 165 Å². The topological polar surface area (TPSA) is 50.7 Å². The van der Waals surface area contributed by atoms with Crippen LogP contribution in [0.1, 0.15) is 24.0 Å². The van der Waals surface area contributed by atoms with E-state index in [9.17, 15) is 4.79 Å². The quantitative estimate of drug-likeness (QED) is 0.355.